The summed E-state index contributed by atoms with van der Waals surface area (Å²) in [6, 6.07) is 1.70. The van der Waals surface area contributed by atoms with Crippen LogP contribution in [-0.2, 0) is 11.2 Å². The van der Waals surface area contributed by atoms with Crippen molar-refractivity contribution in [3.63, 3.8) is 0 Å². The molecule has 0 aliphatic carbocycles. The van der Waals surface area contributed by atoms with Gasteiger partial charge in [0.2, 0.25) is 0 Å². The first-order valence-electron chi connectivity index (χ1n) is 7.90. The van der Waals surface area contributed by atoms with Crippen LogP contribution in [0.5, 0.6) is 0 Å². The van der Waals surface area contributed by atoms with Gasteiger partial charge in [0.1, 0.15) is 5.76 Å². The molecule has 2 heterocycles. The summed E-state index contributed by atoms with van der Waals surface area (Å²) in [5.41, 5.74) is 0.332. The number of aromatic nitrogens is 1. The average molecular weight is 309 g/mol. The third kappa shape index (κ3) is 5.55. The van der Waals surface area contributed by atoms with E-state index in [1.165, 1.54) is 0 Å². The predicted molar refractivity (Wildman–Crippen MR) is 80.6 cm³/mol. The number of rotatable bonds is 10. The van der Waals surface area contributed by atoms with E-state index in [4.69, 9.17) is 9.26 Å². The van der Waals surface area contributed by atoms with E-state index in [9.17, 15) is 9.70 Å². The number of nitrogens with zero attached hydrogens (tertiary/aromatic N) is 2. The molecular weight excluding hydrogens is 286 g/mol. The molecule has 1 saturated heterocycles. The zero-order chi connectivity index (χ0) is 15.6. The van der Waals surface area contributed by atoms with E-state index in [-0.39, 0.29) is 5.91 Å². The second kappa shape index (κ2) is 9.30. The number of ether oxygens (including phenoxy) is 1. The van der Waals surface area contributed by atoms with Crippen molar-refractivity contribution in [1.82, 2.24) is 10.5 Å². The molecule has 0 bridgehead atoms. The monoisotopic (exact) mass is 309 g/mol. The van der Waals surface area contributed by atoms with Gasteiger partial charge in [-0.05, 0) is 19.3 Å². The number of carbonyl (C=O) groups is 1. The molecule has 1 aromatic rings. The van der Waals surface area contributed by atoms with Crippen LogP contribution in [0.15, 0.2) is 15.8 Å². The first kappa shape index (κ1) is 16.6. The molecule has 1 unspecified atom stereocenters. The number of aryl methyl sites for hydroxylation is 1. The lowest BCUT2D eigenvalue weighted by Gasteiger charge is -2.07. The van der Waals surface area contributed by atoms with Crippen LogP contribution in [0.1, 0.15) is 48.4 Å². The molecule has 22 heavy (non-hydrogen) atoms. The summed E-state index contributed by atoms with van der Waals surface area (Å²) in [6.45, 7) is 2.49. The van der Waals surface area contributed by atoms with Gasteiger partial charge in [-0.25, -0.2) is 0 Å². The largest absolute Gasteiger partial charge is 0.381 e. The Bertz CT molecular complexity index is 469. The Morgan fingerprint density at radius 1 is 1.36 bits per heavy atom. The van der Waals surface area contributed by atoms with Crippen molar-refractivity contribution in [3.05, 3.63) is 22.4 Å². The van der Waals surface area contributed by atoms with Crippen LogP contribution in [0.3, 0.4) is 0 Å². The van der Waals surface area contributed by atoms with Gasteiger partial charge in [0.05, 0.1) is 13.2 Å². The molecule has 1 N–H and O–H groups in total. The van der Waals surface area contributed by atoms with Crippen molar-refractivity contribution < 1.29 is 14.1 Å². The Morgan fingerprint density at radius 2 is 2.23 bits per heavy atom. The molecule has 0 radical (unpaired) electrons. The number of amides is 1. The molecule has 1 amide bonds. The summed E-state index contributed by atoms with van der Waals surface area (Å²) in [5, 5.41) is 9.51. The van der Waals surface area contributed by atoms with E-state index in [0.717, 1.165) is 50.9 Å². The van der Waals surface area contributed by atoms with Gasteiger partial charge < -0.3 is 14.6 Å². The smallest absolute Gasteiger partial charge is 0.273 e. The average Bonchev–Trinajstić information content (AvgIpc) is 3.20. The molecule has 1 aliphatic rings. The molecular formula is C15H23N3O4. The van der Waals surface area contributed by atoms with Gasteiger partial charge in [0.25, 0.3) is 5.91 Å². The van der Waals surface area contributed by atoms with Crippen LogP contribution in [0.2, 0.25) is 0 Å². The normalized spacial score (nSPS) is 17.5. The molecule has 1 atom stereocenters. The first-order valence-corrected chi connectivity index (χ1v) is 7.90. The second-order valence-corrected chi connectivity index (χ2v) is 5.64. The highest BCUT2D eigenvalue weighted by Crippen LogP contribution is 2.12. The Kier molecular flexibility index (Phi) is 7.02. The quantitative estimate of drug-likeness (QED) is 0.528. The zero-order valence-corrected chi connectivity index (χ0v) is 12.8. The van der Waals surface area contributed by atoms with Crippen molar-refractivity contribution in [3.8, 4) is 0 Å². The van der Waals surface area contributed by atoms with Crippen molar-refractivity contribution in [1.29, 1.82) is 0 Å². The molecule has 1 aromatic heterocycles. The minimum atomic E-state index is -0.195. The second-order valence-electron chi connectivity index (χ2n) is 5.64. The number of nitrogens with one attached hydrogen (secondary N) is 1. The fourth-order valence-corrected chi connectivity index (χ4v) is 2.44. The van der Waals surface area contributed by atoms with Gasteiger partial charge >= 0.3 is 0 Å². The lowest BCUT2D eigenvalue weighted by Crippen LogP contribution is -2.29. The fraction of sp³-hybridized carbons (Fsp3) is 0.733. The van der Waals surface area contributed by atoms with Crippen LogP contribution in [0.25, 0.3) is 0 Å². The van der Waals surface area contributed by atoms with E-state index in [1.54, 1.807) is 6.07 Å². The Balaban J connectivity index is 1.64. The zero-order valence-electron chi connectivity index (χ0n) is 12.8. The number of nitroso groups, excluding NO2 is 1. The summed E-state index contributed by atoms with van der Waals surface area (Å²) in [7, 11) is 0. The Hall–Kier alpha value is -1.76. The maximum absolute atomic E-state index is 11.9. The molecule has 2 rings (SSSR count). The van der Waals surface area contributed by atoms with Gasteiger partial charge in [-0.3, -0.25) is 4.79 Å². The lowest BCUT2D eigenvalue weighted by molar-refractivity contribution is 0.0936. The molecule has 1 fully saturated rings. The van der Waals surface area contributed by atoms with Gasteiger partial charge in [0.15, 0.2) is 5.69 Å². The standard InChI is InChI=1S/C15H23N3O4/c19-15(16-10-12-6-8-21-11-12)14-9-13(22-18-14)5-3-1-2-4-7-17-20/h9,12H,1-8,10-11H2,(H,16,19). The highest BCUT2D eigenvalue weighted by molar-refractivity contribution is 5.92. The number of carbonyl (C=O) groups excluding carboxylic acids is 1. The molecule has 122 valence electrons. The molecule has 1 aliphatic heterocycles. The van der Waals surface area contributed by atoms with E-state index < -0.39 is 0 Å². The van der Waals surface area contributed by atoms with Crippen LogP contribution >= 0.6 is 0 Å². The van der Waals surface area contributed by atoms with E-state index in [1.807, 2.05) is 0 Å². The lowest BCUT2D eigenvalue weighted by atomic mass is 10.1. The van der Waals surface area contributed by atoms with Crippen molar-refractivity contribution >= 4 is 5.91 Å². The number of hydrogen-bond acceptors (Lipinski definition) is 6. The first-order chi connectivity index (χ1) is 10.8. The number of hydrogen-bond donors (Lipinski definition) is 1. The molecule has 0 spiro atoms. The molecule has 0 saturated carbocycles. The molecule has 7 nitrogen and oxygen atoms in total. The summed E-state index contributed by atoms with van der Waals surface area (Å²) in [5.74, 6) is 0.929. The Morgan fingerprint density at radius 3 is 3.00 bits per heavy atom. The minimum Gasteiger partial charge on any atom is -0.381 e. The van der Waals surface area contributed by atoms with Crippen molar-refractivity contribution in [2.75, 3.05) is 26.3 Å². The van der Waals surface area contributed by atoms with E-state index >= 15 is 0 Å². The van der Waals surface area contributed by atoms with Crippen LogP contribution in [0.4, 0.5) is 0 Å². The van der Waals surface area contributed by atoms with Crippen LogP contribution in [0, 0.1) is 10.8 Å². The van der Waals surface area contributed by atoms with Gasteiger partial charge in [0, 0.05) is 31.6 Å². The number of unbranched alkanes of at least 4 members (excludes halogenated alkanes) is 3. The van der Waals surface area contributed by atoms with Gasteiger partial charge in [-0.1, -0.05) is 23.2 Å². The minimum absolute atomic E-state index is 0.195. The molecule has 0 aromatic carbocycles. The summed E-state index contributed by atoms with van der Waals surface area (Å²) in [4.78, 5) is 21.9. The van der Waals surface area contributed by atoms with Crippen molar-refractivity contribution in [2.45, 2.75) is 38.5 Å². The van der Waals surface area contributed by atoms with E-state index in [2.05, 4.69) is 15.7 Å². The Labute approximate surface area is 129 Å². The van der Waals surface area contributed by atoms with Gasteiger partial charge in [-0.15, -0.1) is 0 Å². The maximum Gasteiger partial charge on any atom is 0.273 e. The third-order valence-corrected chi connectivity index (χ3v) is 3.79. The van der Waals surface area contributed by atoms with Gasteiger partial charge in [-0.2, -0.15) is 4.91 Å². The summed E-state index contributed by atoms with van der Waals surface area (Å²) in [6.07, 6.45) is 5.53. The third-order valence-electron chi connectivity index (χ3n) is 3.79. The highest BCUT2D eigenvalue weighted by atomic mass is 16.5. The summed E-state index contributed by atoms with van der Waals surface area (Å²) < 4.78 is 10.5. The maximum atomic E-state index is 11.9. The molecule has 7 heteroatoms. The SMILES string of the molecule is O=NCCCCCCc1cc(C(=O)NCC2CCOC2)no1. The fourth-order valence-electron chi connectivity index (χ4n) is 2.44. The predicted octanol–water partition coefficient (Wildman–Crippen LogP) is 2.31. The van der Waals surface area contributed by atoms with E-state index in [0.29, 0.717) is 31.3 Å². The van der Waals surface area contributed by atoms with Crippen LogP contribution < -0.4 is 5.32 Å². The highest BCUT2D eigenvalue weighted by Gasteiger charge is 2.18. The summed E-state index contributed by atoms with van der Waals surface area (Å²) >= 11 is 0. The topological polar surface area (TPSA) is 93.8 Å². The van der Waals surface area contributed by atoms with Crippen molar-refractivity contribution in [2.24, 2.45) is 11.1 Å². The van der Waals surface area contributed by atoms with Crippen LogP contribution in [-0.4, -0.2) is 37.4 Å².